The van der Waals surface area contributed by atoms with Crippen LogP contribution in [-0.4, -0.2) is 34.4 Å². The normalized spacial score (nSPS) is 12.4. The zero-order valence-corrected chi connectivity index (χ0v) is 8.16. The molecule has 0 bridgehead atoms. The minimum atomic E-state index is -0.206. The molecule has 1 amide bonds. The summed E-state index contributed by atoms with van der Waals surface area (Å²) in [5.74, 6) is 0.179. The summed E-state index contributed by atoms with van der Waals surface area (Å²) in [6.07, 6.45) is 2.29. The summed E-state index contributed by atoms with van der Waals surface area (Å²) >= 11 is 0. The number of nitrogens with zero attached hydrogens (tertiary/aromatic N) is 2. The van der Waals surface area contributed by atoms with Gasteiger partial charge >= 0.3 is 0 Å². The van der Waals surface area contributed by atoms with Gasteiger partial charge in [-0.05, 0) is 18.9 Å². The maximum absolute atomic E-state index is 11.3. The van der Waals surface area contributed by atoms with Gasteiger partial charge in [-0.15, -0.1) is 0 Å². The largest absolute Gasteiger partial charge is 0.350 e. The third-order valence-electron chi connectivity index (χ3n) is 1.92. The Labute approximate surface area is 82.3 Å². The number of carbonyl (C=O) groups excluding carboxylic acids is 1. The van der Waals surface area contributed by atoms with Crippen LogP contribution in [0.15, 0.2) is 6.20 Å². The van der Waals surface area contributed by atoms with Crippen LogP contribution in [0.5, 0.6) is 0 Å². The maximum atomic E-state index is 11.3. The number of H-pyrrole nitrogens is 1. The maximum Gasteiger partial charge on any atom is 0.273 e. The van der Waals surface area contributed by atoms with Crippen molar-refractivity contribution < 1.29 is 4.79 Å². The number of carbonyl (C=O) groups is 1. The molecule has 1 rings (SSSR count). The van der Waals surface area contributed by atoms with Gasteiger partial charge in [0.1, 0.15) is 0 Å². The van der Waals surface area contributed by atoms with Gasteiger partial charge in [0.25, 0.3) is 5.91 Å². The lowest BCUT2D eigenvalue weighted by Gasteiger charge is -2.09. The molecule has 0 saturated heterocycles. The van der Waals surface area contributed by atoms with Crippen LogP contribution in [0.3, 0.4) is 0 Å². The minimum Gasteiger partial charge on any atom is -0.350 e. The van der Waals surface area contributed by atoms with Gasteiger partial charge in [-0.25, -0.2) is 0 Å². The molecule has 14 heavy (non-hydrogen) atoms. The topological polar surface area (TPSA) is 96.7 Å². The molecule has 1 aromatic rings. The van der Waals surface area contributed by atoms with Crippen molar-refractivity contribution in [3.05, 3.63) is 11.9 Å². The molecule has 0 fully saturated rings. The highest BCUT2D eigenvalue weighted by atomic mass is 16.1. The molecule has 4 N–H and O–H groups in total. The fourth-order valence-electron chi connectivity index (χ4n) is 1.06. The molecule has 6 nitrogen and oxygen atoms in total. The summed E-state index contributed by atoms with van der Waals surface area (Å²) < 4.78 is 0. The average molecular weight is 197 g/mol. The van der Waals surface area contributed by atoms with Crippen molar-refractivity contribution in [2.24, 2.45) is 11.7 Å². The van der Waals surface area contributed by atoms with E-state index in [0.717, 1.165) is 6.42 Å². The van der Waals surface area contributed by atoms with Gasteiger partial charge in [0, 0.05) is 6.54 Å². The van der Waals surface area contributed by atoms with E-state index >= 15 is 0 Å². The van der Waals surface area contributed by atoms with E-state index in [0.29, 0.717) is 24.7 Å². The second-order valence-electron chi connectivity index (χ2n) is 3.25. The lowest BCUT2D eigenvalue weighted by molar-refractivity contribution is 0.0942. The van der Waals surface area contributed by atoms with Crippen molar-refractivity contribution in [3.8, 4) is 0 Å². The minimum absolute atomic E-state index is 0.206. The van der Waals surface area contributed by atoms with Crippen molar-refractivity contribution in [1.82, 2.24) is 20.7 Å². The number of aromatic nitrogens is 3. The molecular weight excluding hydrogens is 182 g/mol. The number of nitrogens with two attached hydrogens (primary N) is 1. The molecule has 1 unspecified atom stereocenters. The highest BCUT2D eigenvalue weighted by molar-refractivity contribution is 5.91. The van der Waals surface area contributed by atoms with Crippen molar-refractivity contribution >= 4 is 5.91 Å². The number of hydrogen-bond acceptors (Lipinski definition) is 4. The Balaban J connectivity index is 2.28. The quantitative estimate of drug-likeness (QED) is 0.594. The van der Waals surface area contributed by atoms with Crippen LogP contribution in [-0.2, 0) is 0 Å². The number of hydrogen-bond donors (Lipinski definition) is 3. The van der Waals surface area contributed by atoms with E-state index in [1.807, 2.05) is 6.92 Å². The van der Waals surface area contributed by atoms with Gasteiger partial charge in [-0.1, -0.05) is 6.92 Å². The Morgan fingerprint density at radius 1 is 1.79 bits per heavy atom. The van der Waals surface area contributed by atoms with E-state index in [1.54, 1.807) is 0 Å². The van der Waals surface area contributed by atoms with Crippen LogP contribution < -0.4 is 11.1 Å². The van der Waals surface area contributed by atoms with E-state index in [4.69, 9.17) is 5.73 Å². The lowest BCUT2D eigenvalue weighted by atomic mass is 10.1. The lowest BCUT2D eigenvalue weighted by Crippen LogP contribution is -2.29. The number of aromatic amines is 1. The summed E-state index contributed by atoms with van der Waals surface area (Å²) in [7, 11) is 0. The van der Waals surface area contributed by atoms with Crippen molar-refractivity contribution in [2.75, 3.05) is 13.1 Å². The molecular formula is C8H15N5O. The summed E-state index contributed by atoms with van der Waals surface area (Å²) in [5.41, 5.74) is 5.70. The van der Waals surface area contributed by atoms with Crippen LogP contribution in [0.4, 0.5) is 0 Å². The molecule has 0 spiro atoms. The molecule has 0 saturated carbocycles. The van der Waals surface area contributed by atoms with E-state index in [9.17, 15) is 4.79 Å². The van der Waals surface area contributed by atoms with E-state index in [-0.39, 0.29) is 5.91 Å². The zero-order valence-electron chi connectivity index (χ0n) is 8.16. The monoisotopic (exact) mass is 197 g/mol. The molecule has 0 aliphatic rings. The standard InChI is InChI=1S/C8H15N5O/c1-6(2-3-9)4-10-8(14)7-5-11-13-12-7/h5-6H,2-4,9H2,1H3,(H,10,14)(H,11,12,13). The summed E-state index contributed by atoms with van der Waals surface area (Å²) in [6.45, 7) is 3.29. The third kappa shape index (κ3) is 3.14. The Morgan fingerprint density at radius 3 is 3.14 bits per heavy atom. The van der Waals surface area contributed by atoms with Gasteiger partial charge in [-0.3, -0.25) is 4.79 Å². The fourth-order valence-corrected chi connectivity index (χ4v) is 1.06. The average Bonchev–Trinajstić information content (AvgIpc) is 2.67. The summed E-state index contributed by atoms with van der Waals surface area (Å²) in [6, 6.07) is 0. The van der Waals surface area contributed by atoms with Gasteiger partial charge in [0.05, 0.1) is 6.20 Å². The SMILES string of the molecule is CC(CCN)CNC(=O)c1cn[nH]n1. The molecule has 0 aliphatic carbocycles. The van der Waals surface area contributed by atoms with Crippen molar-refractivity contribution in [1.29, 1.82) is 0 Å². The molecule has 1 atom stereocenters. The first kappa shape index (κ1) is 10.6. The molecule has 78 valence electrons. The summed E-state index contributed by atoms with van der Waals surface area (Å²) in [4.78, 5) is 11.3. The highest BCUT2D eigenvalue weighted by Gasteiger charge is 2.09. The van der Waals surface area contributed by atoms with Crippen LogP contribution in [0.1, 0.15) is 23.8 Å². The molecule has 1 aromatic heterocycles. The Hall–Kier alpha value is -1.43. The van der Waals surface area contributed by atoms with Crippen molar-refractivity contribution in [3.63, 3.8) is 0 Å². The van der Waals surface area contributed by atoms with Gasteiger partial charge in [-0.2, -0.15) is 15.4 Å². The zero-order chi connectivity index (χ0) is 10.4. The van der Waals surface area contributed by atoms with E-state index in [1.165, 1.54) is 6.20 Å². The van der Waals surface area contributed by atoms with Crippen molar-refractivity contribution in [2.45, 2.75) is 13.3 Å². The predicted octanol–water partition coefficient (Wildman–Crippen LogP) is -0.481. The smallest absolute Gasteiger partial charge is 0.273 e. The van der Waals surface area contributed by atoms with E-state index in [2.05, 4.69) is 20.7 Å². The molecule has 1 heterocycles. The van der Waals surface area contributed by atoms with Gasteiger partial charge < -0.3 is 11.1 Å². The first-order chi connectivity index (χ1) is 6.74. The number of rotatable bonds is 5. The predicted molar refractivity (Wildman–Crippen MR) is 51.6 cm³/mol. The van der Waals surface area contributed by atoms with E-state index < -0.39 is 0 Å². The molecule has 0 aromatic carbocycles. The first-order valence-electron chi connectivity index (χ1n) is 4.58. The Morgan fingerprint density at radius 2 is 2.57 bits per heavy atom. The van der Waals surface area contributed by atoms with Crippen LogP contribution in [0, 0.1) is 5.92 Å². The first-order valence-corrected chi connectivity index (χ1v) is 4.58. The molecule has 0 radical (unpaired) electrons. The van der Waals surface area contributed by atoms with Crippen LogP contribution in [0.25, 0.3) is 0 Å². The second-order valence-corrected chi connectivity index (χ2v) is 3.25. The van der Waals surface area contributed by atoms with Gasteiger partial charge in [0.2, 0.25) is 0 Å². The van der Waals surface area contributed by atoms with Crippen LogP contribution >= 0.6 is 0 Å². The van der Waals surface area contributed by atoms with Crippen LogP contribution in [0.2, 0.25) is 0 Å². The molecule has 0 aliphatic heterocycles. The van der Waals surface area contributed by atoms with Gasteiger partial charge in [0.15, 0.2) is 5.69 Å². The molecule has 6 heteroatoms. The Bertz CT molecular complexity index is 271. The number of nitrogens with one attached hydrogen (secondary N) is 2. The Kier molecular flexibility index (Phi) is 4.06. The third-order valence-corrected chi connectivity index (χ3v) is 1.92. The highest BCUT2D eigenvalue weighted by Crippen LogP contribution is 1.98. The second kappa shape index (κ2) is 5.33. The summed E-state index contributed by atoms with van der Waals surface area (Å²) in [5, 5.41) is 12.4. The fraction of sp³-hybridized carbons (Fsp3) is 0.625. The number of amides is 1.